The molecule has 8 rings (SSSR count). The van der Waals surface area contributed by atoms with E-state index in [1.807, 2.05) is 20.8 Å². The highest BCUT2D eigenvalue weighted by atomic mass is 35.5. The van der Waals surface area contributed by atoms with Gasteiger partial charge in [-0.05, 0) is 77.5 Å². The van der Waals surface area contributed by atoms with Gasteiger partial charge in [-0.1, -0.05) is 11.6 Å². The zero-order valence-corrected chi connectivity index (χ0v) is 33.4. The fraction of sp³-hybridized carbons (Fsp3) is 0.650. The fourth-order valence-corrected chi connectivity index (χ4v) is 8.86. The molecule has 310 valence electrons. The number of nitrogens with zero attached hydrogens (tertiary/aromatic N) is 6. The van der Waals surface area contributed by atoms with Gasteiger partial charge in [-0.15, -0.1) is 0 Å². The van der Waals surface area contributed by atoms with Crippen LogP contribution in [0.25, 0.3) is 33.1 Å². The van der Waals surface area contributed by atoms with Crippen LogP contribution in [0, 0.1) is 5.82 Å². The molecule has 4 atom stereocenters. The molecule has 0 saturated carbocycles. The van der Waals surface area contributed by atoms with Crippen molar-refractivity contribution >= 4 is 33.4 Å². The van der Waals surface area contributed by atoms with E-state index in [0.29, 0.717) is 56.6 Å². The summed E-state index contributed by atoms with van der Waals surface area (Å²) < 4.78 is 94.0. The molecule has 3 aromatic heterocycles. The number of morpholine rings is 1. The van der Waals surface area contributed by atoms with E-state index in [2.05, 4.69) is 30.3 Å². The maximum atomic E-state index is 17.4. The minimum Gasteiger partial charge on any atom is -0.471 e. The largest absolute Gasteiger partial charge is 0.471 e. The Bertz CT molecular complexity index is 2070. The lowest BCUT2D eigenvalue weighted by Gasteiger charge is -2.31. The van der Waals surface area contributed by atoms with Gasteiger partial charge in [0.1, 0.15) is 36.2 Å². The summed E-state index contributed by atoms with van der Waals surface area (Å²) >= 11 is 6.98. The summed E-state index contributed by atoms with van der Waals surface area (Å²) in [6.45, 7) is 8.22. The SMILES string of the molecule is CC(C)(C)Oc1nc(OC[C@@]23CCCN2C[C@H](F)C3)nc2c(F)c(-c3c(CCC(F)(F)COC[C@H]4CNCCO4)c(Cl)cc4c3cnn4C3CCCCO3)ncc12. The van der Waals surface area contributed by atoms with Crippen LogP contribution in [0.4, 0.5) is 17.6 Å². The molecule has 17 heteroatoms. The quantitative estimate of drug-likeness (QED) is 0.138. The molecule has 4 aliphatic rings. The lowest BCUT2D eigenvalue weighted by Crippen LogP contribution is -2.43. The minimum atomic E-state index is -3.23. The second kappa shape index (κ2) is 16.3. The van der Waals surface area contributed by atoms with E-state index in [1.54, 1.807) is 16.9 Å². The third-order valence-corrected chi connectivity index (χ3v) is 11.6. The molecular weight excluding hydrogens is 770 g/mol. The molecule has 1 unspecified atom stereocenters. The molecule has 0 aliphatic carbocycles. The molecule has 7 heterocycles. The van der Waals surface area contributed by atoms with Crippen molar-refractivity contribution in [1.29, 1.82) is 0 Å². The zero-order valence-electron chi connectivity index (χ0n) is 32.6. The highest BCUT2D eigenvalue weighted by Gasteiger charge is 2.49. The van der Waals surface area contributed by atoms with Crippen LogP contribution in [0.1, 0.15) is 77.5 Å². The summed E-state index contributed by atoms with van der Waals surface area (Å²) in [5.74, 6) is -4.02. The van der Waals surface area contributed by atoms with Gasteiger partial charge in [-0.25, -0.2) is 22.2 Å². The minimum absolute atomic E-state index is 0.0271. The molecule has 4 aliphatic heterocycles. The second-order valence-corrected chi connectivity index (χ2v) is 17.1. The van der Waals surface area contributed by atoms with Crippen LogP contribution in [0.3, 0.4) is 0 Å². The summed E-state index contributed by atoms with van der Waals surface area (Å²) in [7, 11) is 0. The van der Waals surface area contributed by atoms with E-state index in [9.17, 15) is 4.39 Å². The van der Waals surface area contributed by atoms with E-state index in [-0.39, 0.29) is 76.6 Å². The number of fused-ring (bicyclic) bond motifs is 3. The average Bonchev–Trinajstić information content (AvgIpc) is 3.85. The maximum Gasteiger partial charge on any atom is 0.320 e. The number of ether oxygens (including phenoxy) is 5. The molecule has 0 bridgehead atoms. The van der Waals surface area contributed by atoms with Crippen LogP contribution in [0.5, 0.6) is 11.9 Å². The van der Waals surface area contributed by atoms with Gasteiger partial charge in [0.05, 0.1) is 42.0 Å². The second-order valence-electron chi connectivity index (χ2n) is 16.7. The van der Waals surface area contributed by atoms with Gasteiger partial charge in [0.2, 0.25) is 5.88 Å². The van der Waals surface area contributed by atoms with Gasteiger partial charge < -0.3 is 29.0 Å². The Hall–Kier alpha value is -3.41. The Morgan fingerprint density at radius 3 is 2.72 bits per heavy atom. The van der Waals surface area contributed by atoms with Gasteiger partial charge in [0, 0.05) is 61.3 Å². The molecule has 57 heavy (non-hydrogen) atoms. The zero-order chi connectivity index (χ0) is 40.0. The van der Waals surface area contributed by atoms with Crippen LogP contribution in [-0.2, 0) is 20.6 Å². The number of aromatic nitrogens is 5. The third-order valence-electron chi connectivity index (χ3n) is 11.2. The highest BCUT2D eigenvalue weighted by Crippen LogP contribution is 2.43. The van der Waals surface area contributed by atoms with Crippen molar-refractivity contribution < 1.29 is 41.2 Å². The van der Waals surface area contributed by atoms with E-state index in [4.69, 9.17) is 35.3 Å². The topological polar surface area (TPSA) is 118 Å². The monoisotopic (exact) mass is 819 g/mol. The highest BCUT2D eigenvalue weighted by molar-refractivity contribution is 6.33. The number of rotatable bonds is 13. The first-order valence-corrected chi connectivity index (χ1v) is 20.3. The Morgan fingerprint density at radius 2 is 1.95 bits per heavy atom. The van der Waals surface area contributed by atoms with Crippen molar-refractivity contribution in [2.24, 2.45) is 0 Å². The smallest absolute Gasteiger partial charge is 0.320 e. The summed E-state index contributed by atoms with van der Waals surface area (Å²) in [6, 6.07) is 1.54. The Balaban J connectivity index is 1.18. The molecule has 1 N–H and O–H groups in total. The Labute approximate surface area is 333 Å². The number of benzene rings is 1. The van der Waals surface area contributed by atoms with Gasteiger partial charge >= 0.3 is 6.01 Å². The molecule has 0 spiro atoms. The van der Waals surface area contributed by atoms with Crippen LogP contribution in [0.2, 0.25) is 5.02 Å². The summed E-state index contributed by atoms with van der Waals surface area (Å²) in [4.78, 5) is 15.8. The van der Waals surface area contributed by atoms with Crippen molar-refractivity contribution in [3.05, 3.63) is 34.9 Å². The molecule has 4 saturated heterocycles. The van der Waals surface area contributed by atoms with Crippen LogP contribution < -0.4 is 14.8 Å². The summed E-state index contributed by atoms with van der Waals surface area (Å²) in [5, 5.41) is 8.61. The van der Waals surface area contributed by atoms with E-state index >= 15 is 13.2 Å². The number of alkyl halides is 3. The molecule has 4 aromatic rings. The van der Waals surface area contributed by atoms with Gasteiger partial charge in [-0.3, -0.25) is 9.88 Å². The standard InChI is InChI=1S/C40H50ClF4N7O5/c1-38(2,3)57-36-28-18-47-35(33(43)34(28)49-37(50-36)56-22-39-9-6-12-51(39)20-24(42)16-39)32-26(8-10-40(44,45)23-53-21-25-17-46-11-14-54-25)29(41)15-30-27(32)19-48-52(30)31-7-4-5-13-55-31/h15,18-19,24-25,31,46H,4-14,16-17,20-23H2,1-3H3/t24-,25-,31?,39+/m1/s1. The summed E-state index contributed by atoms with van der Waals surface area (Å²) in [5.41, 5.74) is -0.482. The summed E-state index contributed by atoms with van der Waals surface area (Å²) in [6.07, 6.45) is 5.06. The lowest BCUT2D eigenvalue weighted by atomic mass is 9.94. The van der Waals surface area contributed by atoms with Crippen molar-refractivity contribution in [3.8, 4) is 23.1 Å². The number of hydrogen-bond donors (Lipinski definition) is 1. The van der Waals surface area contributed by atoms with E-state index in [0.717, 1.165) is 32.2 Å². The third kappa shape index (κ3) is 8.67. The molecule has 0 radical (unpaired) electrons. The van der Waals surface area contributed by atoms with Crippen molar-refractivity contribution in [2.45, 2.75) is 108 Å². The number of hydrogen-bond acceptors (Lipinski definition) is 11. The molecular formula is C40H50ClF4N7O5. The normalized spacial score (nSPS) is 24.7. The predicted octanol–water partition coefficient (Wildman–Crippen LogP) is 7.24. The van der Waals surface area contributed by atoms with Gasteiger partial charge in [-0.2, -0.15) is 15.1 Å². The Kier molecular flexibility index (Phi) is 11.6. The van der Waals surface area contributed by atoms with Crippen molar-refractivity contribution in [1.82, 2.24) is 34.9 Å². The average molecular weight is 820 g/mol. The van der Waals surface area contributed by atoms with Crippen molar-refractivity contribution in [2.75, 3.05) is 59.2 Å². The van der Waals surface area contributed by atoms with E-state index < -0.39 is 42.1 Å². The number of pyridine rings is 1. The maximum absolute atomic E-state index is 17.4. The first kappa shape index (κ1) is 40.4. The first-order chi connectivity index (χ1) is 27.3. The number of halogens is 5. The first-order valence-electron chi connectivity index (χ1n) is 19.9. The van der Waals surface area contributed by atoms with Gasteiger partial charge in [0.15, 0.2) is 12.0 Å². The molecule has 1 aromatic carbocycles. The number of nitrogens with one attached hydrogen (secondary N) is 1. The van der Waals surface area contributed by atoms with E-state index in [1.165, 1.54) is 6.20 Å². The predicted molar refractivity (Wildman–Crippen MR) is 205 cm³/mol. The van der Waals surface area contributed by atoms with Crippen LogP contribution in [0.15, 0.2) is 18.5 Å². The molecule has 0 amide bonds. The van der Waals surface area contributed by atoms with Crippen LogP contribution in [-0.4, -0.2) is 118 Å². The molecule has 12 nitrogen and oxygen atoms in total. The Morgan fingerprint density at radius 1 is 1.09 bits per heavy atom. The fourth-order valence-electron chi connectivity index (χ4n) is 8.57. The van der Waals surface area contributed by atoms with Crippen LogP contribution >= 0.6 is 11.6 Å². The molecule has 4 fully saturated rings. The van der Waals surface area contributed by atoms with Gasteiger partial charge in [0.25, 0.3) is 5.92 Å². The van der Waals surface area contributed by atoms with Crippen molar-refractivity contribution in [3.63, 3.8) is 0 Å². The lowest BCUT2D eigenvalue weighted by molar-refractivity contribution is -0.106.